The molecule has 1 fully saturated rings. The highest BCUT2D eigenvalue weighted by molar-refractivity contribution is 5.89. The van der Waals surface area contributed by atoms with E-state index in [1.54, 1.807) is 23.3 Å². The quantitative estimate of drug-likeness (QED) is 0.763. The van der Waals surface area contributed by atoms with Crippen LogP contribution in [0.2, 0.25) is 0 Å². The molecule has 1 saturated heterocycles. The Hall–Kier alpha value is -2.31. The van der Waals surface area contributed by atoms with Crippen LogP contribution in [0.15, 0.2) is 22.8 Å². The van der Waals surface area contributed by atoms with Gasteiger partial charge in [-0.15, -0.1) is 0 Å². The molecule has 0 aliphatic carbocycles. The van der Waals surface area contributed by atoms with Crippen LogP contribution in [-0.4, -0.2) is 42.9 Å². The number of hydrogen-bond donors (Lipinski definition) is 1. The van der Waals surface area contributed by atoms with E-state index in [9.17, 15) is 14.4 Å². The van der Waals surface area contributed by atoms with E-state index in [1.165, 1.54) is 7.11 Å². The molecule has 2 heterocycles. The highest BCUT2D eigenvalue weighted by Crippen LogP contribution is 2.20. The van der Waals surface area contributed by atoms with Gasteiger partial charge in [0.15, 0.2) is 0 Å². The first-order valence-electron chi connectivity index (χ1n) is 6.75. The second kappa shape index (κ2) is 6.92. The van der Waals surface area contributed by atoms with Crippen molar-refractivity contribution in [1.82, 2.24) is 10.2 Å². The van der Waals surface area contributed by atoms with Crippen molar-refractivity contribution in [2.45, 2.75) is 19.4 Å². The van der Waals surface area contributed by atoms with E-state index in [0.717, 1.165) is 0 Å². The van der Waals surface area contributed by atoms with Crippen LogP contribution < -0.4 is 5.32 Å². The molecule has 1 aromatic rings. The summed E-state index contributed by atoms with van der Waals surface area (Å²) in [6.07, 6.45) is 1.86. The average molecular weight is 294 g/mol. The van der Waals surface area contributed by atoms with Crippen molar-refractivity contribution in [3.8, 4) is 0 Å². The summed E-state index contributed by atoms with van der Waals surface area (Å²) in [5.74, 6) is -0.355. The number of likely N-dealkylation sites (tertiary alicyclic amines) is 1. The summed E-state index contributed by atoms with van der Waals surface area (Å²) in [6, 6.07) is 3.55. The topological polar surface area (TPSA) is 88.8 Å². The summed E-state index contributed by atoms with van der Waals surface area (Å²) in [6.45, 7) is 0.954. The summed E-state index contributed by atoms with van der Waals surface area (Å²) in [5, 5.41) is 2.65. The smallest absolute Gasteiger partial charge is 0.307 e. The Bertz CT molecular complexity index is 511. The molecule has 1 N–H and O–H groups in total. The van der Waals surface area contributed by atoms with Crippen LogP contribution in [0.3, 0.4) is 0 Å². The number of nitrogens with zero attached hydrogens (tertiary/aromatic N) is 1. The molecule has 21 heavy (non-hydrogen) atoms. The third-order valence-electron chi connectivity index (χ3n) is 3.37. The van der Waals surface area contributed by atoms with Gasteiger partial charge in [-0.05, 0) is 12.1 Å². The van der Waals surface area contributed by atoms with Gasteiger partial charge < -0.3 is 19.4 Å². The van der Waals surface area contributed by atoms with Gasteiger partial charge in [0.25, 0.3) is 0 Å². The molecular weight excluding hydrogens is 276 g/mol. The van der Waals surface area contributed by atoms with Gasteiger partial charge in [0.05, 0.1) is 32.3 Å². The lowest BCUT2D eigenvalue weighted by Gasteiger charge is -2.14. The molecule has 2 rings (SSSR count). The van der Waals surface area contributed by atoms with E-state index in [2.05, 4.69) is 10.1 Å². The molecule has 1 unspecified atom stereocenters. The molecular formula is C14H18N2O5. The normalized spacial score (nSPS) is 17.9. The molecule has 0 radical (unpaired) electrons. The number of furan rings is 1. The van der Waals surface area contributed by atoms with Crippen molar-refractivity contribution in [1.29, 1.82) is 0 Å². The number of hydrogen-bond acceptors (Lipinski definition) is 5. The third-order valence-corrected chi connectivity index (χ3v) is 3.37. The van der Waals surface area contributed by atoms with Crippen molar-refractivity contribution in [3.05, 3.63) is 24.2 Å². The largest absolute Gasteiger partial charge is 0.469 e. The minimum absolute atomic E-state index is 0.0699. The minimum atomic E-state index is -0.384. The van der Waals surface area contributed by atoms with Gasteiger partial charge in [-0.2, -0.15) is 0 Å². The molecule has 1 atom stereocenters. The van der Waals surface area contributed by atoms with E-state index >= 15 is 0 Å². The van der Waals surface area contributed by atoms with Crippen LogP contribution in [0.25, 0.3) is 0 Å². The Morgan fingerprint density at radius 2 is 2.33 bits per heavy atom. The van der Waals surface area contributed by atoms with Gasteiger partial charge >= 0.3 is 5.97 Å². The SMILES string of the molecule is COC(=O)CCNC(=O)C1CC(=O)N(Cc2ccco2)C1. The number of methoxy groups -OCH3 is 1. The Morgan fingerprint density at radius 1 is 1.52 bits per heavy atom. The molecule has 1 aliphatic heterocycles. The lowest BCUT2D eigenvalue weighted by Crippen LogP contribution is -2.34. The van der Waals surface area contributed by atoms with Crippen molar-refractivity contribution in [3.63, 3.8) is 0 Å². The zero-order valence-corrected chi connectivity index (χ0v) is 11.8. The maximum absolute atomic E-state index is 11.9. The molecule has 7 heteroatoms. The van der Waals surface area contributed by atoms with E-state index in [0.29, 0.717) is 18.8 Å². The lowest BCUT2D eigenvalue weighted by molar-refractivity contribution is -0.140. The fourth-order valence-corrected chi connectivity index (χ4v) is 2.23. The summed E-state index contributed by atoms with van der Waals surface area (Å²) < 4.78 is 9.68. The van der Waals surface area contributed by atoms with E-state index in [1.807, 2.05) is 0 Å². The van der Waals surface area contributed by atoms with E-state index in [-0.39, 0.29) is 43.1 Å². The molecule has 1 aromatic heterocycles. The number of esters is 1. The first kappa shape index (κ1) is 15.1. The van der Waals surface area contributed by atoms with Crippen LogP contribution in [-0.2, 0) is 25.7 Å². The van der Waals surface area contributed by atoms with Gasteiger partial charge in [-0.1, -0.05) is 0 Å². The van der Waals surface area contributed by atoms with Crippen LogP contribution in [0.1, 0.15) is 18.6 Å². The van der Waals surface area contributed by atoms with Crippen LogP contribution >= 0.6 is 0 Å². The molecule has 0 bridgehead atoms. The summed E-state index contributed by atoms with van der Waals surface area (Å²) in [4.78, 5) is 36.4. The monoisotopic (exact) mass is 294 g/mol. The van der Waals surface area contributed by atoms with Gasteiger partial charge in [0.1, 0.15) is 5.76 Å². The molecule has 1 aliphatic rings. The Kier molecular flexibility index (Phi) is 4.97. The van der Waals surface area contributed by atoms with Gasteiger partial charge in [0.2, 0.25) is 11.8 Å². The number of carbonyl (C=O) groups is 3. The summed E-state index contributed by atoms with van der Waals surface area (Å²) in [7, 11) is 1.30. The van der Waals surface area contributed by atoms with Gasteiger partial charge in [-0.25, -0.2) is 0 Å². The number of rotatable bonds is 6. The maximum atomic E-state index is 11.9. The molecule has 2 amide bonds. The highest BCUT2D eigenvalue weighted by Gasteiger charge is 2.34. The Morgan fingerprint density at radius 3 is 3.00 bits per heavy atom. The van der Waals surface area contributed by atoms with Crippen LogP contribution in [0.4, 0.5) is 0 Å². The Balaban J connectivity index is 1.78. The van der Waals surface area contributed by atoms with E-state index in [4.69, 9.17) is 4.42 Å². The summed E-state index contributed by atoms with van der Waals surface area (Å²) >= 11 is 0. The minimum Gasteiger partial charge on any atom is -0.469 e. The van der Waals surface area contributed by atoms with Crippen molar-refractivity contribution >= 4 is 17.8 Å². The first-order chi connectivity index (χ1) is 10.1. The number of nitrogens with one attached hydrogen (secondary N) is 1. The third kappa shape index (κ3) is 4.08. The maximum Gasteiger partial charge on any atom is 0.307 e. The summed E-state index contributed by atoms with van der Waals surface area (Å²) in [5.41, 5.74) is 0. The van der Waals surface area contributed by atoms with Crippen LogP contribution in [0.5, 0.6) is 0 Å². The number of ether oxygens (including phenoxy) is 1. The van der Waals surface area contributed by atoms with Crippen molar-refractivity contribution < 1.29 is 23.5 Å². The highest BCUT2D eigenvalue weighted by atomic mass is 16.5. The molecule has 0 aromatic carbocycles. The second-order valence-corrected chi connectivity index (χ2v) is 4.87. The fraction of sp³-hybridized carbons (Fsp3) is 0.500. The Labute approximate surface area is 122 Å². The predicted molar refractivity (Wildman–Crippen MR) is 71.9 cm³/mol. The number of carbonyl (C=O) groups excluding carboxylic acids is 3. The molecule has 114 valence electrons. The predicted octanol–water partition coefficient (Wildman–Crippen LogP) is 0.307. The van der Waals surface area contributed by atoms with Gasteiger partial charge in [0, 0.05) is 19.5 Å². The zero-order chi connectivity index (χ0) is 15.2. The standard InChI is InChI=1S/C14H18N2O5/c1-20-13(18)4-5-15-14(19)10-7-12(17)16(8-10)9-11-3-2-6-21-11/h2-3,6,10H,4-5,7-9H2,1H3,(H,15,19). The van der Waals surface area contributed by atoms with Crippen LogP contribution in [0, 0.1) is 5.92 Å². The van der Waals surface area contributed by atoms with Crippen molar-refractivity contribution in [2.75, 3.05) is 20.2 Å². The van der Waals surface area contributed by atoms with E-state index < -0.39 is 0 Å². The molecule has 0 saturated carbocycles. The zero-order valence-electron chi connectivity index (χ0n) is 11.8. The fourth-order valence-electron chi connectivity index (χ4n) is 2.23. The first-order valence-corrected chi connectivity index (χ1v) is 6.75. The average Bonchev–Trinajstić information content (AvgIpc) is 3.09. The lowest BCUT2D eigenvalue weighted by atomic mass is 10.1. The molecule has 7 nitrogen and oxygen atoms in total. The number of amides is 2. The second-order valence-electron chi connectivity index (χ2n) is 4.87. The van der Waals surface area contributed by atoms with Crippen molar-refractivity contribution in [2.24, 2.45) is 5.92 Å². The molecule has 0 spiro atoms. The van der Waals surface area contributed by atoms with Gasteiger partial charge in [-0.3, -0.25) is 14.4 Å².